The van der Waals surface area contributed by atoms with Crippen molar-refractivity contribution in [2.24, 2.45) is 0 Å². The zero-order chi connectivity index (χ0) is 17.0. The molecule has 0 bridgehead atoms. The fourth-order valence-corrected chi connectivity index (χ4v) is 2.40. The van der Waals surface area contributed by atoms with Crippen LogP contribution in [0.3, 0.4) is 0 Å². The van der Waals surface area contributed by atoms with Crippen molar-refractivity contribution in [3.05, 3.63) is 35.6 Å². The Kier molecular flexibility index (Phi) is 6.03. The number of nitrogens with one attached hydrogen (secondary N) is 1. The normalized spacial score (nSPS) is 30.9. The van der Waals surface area contributed by atoms with Gasteiger partial charge < -0.3 is 30.1 Å². The van der Waals surface area contributed by atoms with Crippen LogP contribution in [0.25, 0.3) is 0 Å². The second kappa shape index (κ2) is 7.80. The minimum absolute atomic E-state index is 0.158. The van der Waals surface area contributed by atoms with Gasteiger partial charge in [0.1, 0.15) is 30.2 Å². The zero-order valence-corrected chi connectivity index (χ0v) is 12.6. The van der Waals surface area contributed by atoms with Crippen LogP contribution in [-0.4, -0.2) is 58.5 Å². The van der Waals surface area contributed by atoms with E-state index in [1.165, 1.54) is 25.1 Å². The van der Waals surface area contributed by atoms with Crippen molar-refractivity contribution in [3.8, 4) is 0 Å². The number of halogens is 1. The van der Waals surface area contributed by atoms with Gasteiger partial charge in [0.2, 0.25) is 5.91 Å². The summed E-state index contributed by atoms with van der Waals surface area (Å²) in [5.41, 5.74) is 0.277. The number of amides is 1. The van der Waals surface area contributed by atoms with E-state index in [1.54, 1.807) is 6.07 Å². The van der Waals surface area contributed by atoms with Gasteiger partial charge in [-0.3, -0.25) is 4.79 Å². The molecule has 2 rings (SSSR count). The minimum atomic E-state index is -1.39. The minimum Gasteiger partial charge on any atom is -0.394 e. The first-order valence-corrected chi connectivity index (χ1v) is 7.18. The Bertz CT molecular complexity index is 542. The van der Waals surface area contributed by atoms with Crippen molar-refractivity contribution in [1.82, 2.24) is 5.32 Å². The fraction of sp³-hybridized carbons (Fsp3) is 0.533. The van der Waals surface area contributed by atoms with Crippen LogP contribution in [0.5, 0.6) is 0 Å². The molecule has 1 aliphatic heterocycles. The van der Waals surface area contributed by atoms with E-state index in [9.17, 15) is 24.5 Å². The average Bonchev–Trinajstić information content (AvgIpc) is 2.52. The van der Waals surface area contributed by atoms with Crippen LogP contribution in [0.1, 0.15) is 12.5 Å². The van der Waals surface area contributed by atoms with Crippen molar-refractivity contribution in [2.75, 3.05) is 6.61 Å². The molecular weight excluding hydrogens is 309 g/mol. The Morgan fingerprint density at radius 3 is 2.65 bits per heavy atom. The molecule has 23 heavy (non-hydrogen) atoms. The summed E-state index contributed by atoms with van der Waals surface area (Å²) in [4.78, 5) is 11.3. The molecule has 5 atom stereocenters. The second-order valence-electron chi connectivity index (χ2n) is 5.34. The number of hydrogen-bond donors (Lipinski definition) is 4. The molecule has 0 spiro atoms. The Hall–Kier alpha value is -1.58. The molecule has 1 aromatic carbocycles. The van der Waals surface area contributed by atoms with Crippen molar-refractivity contribution < 1.29 is 34.0 Å². The van der Waals surface area contributed by atoms with Gasteiger partial charge in [-0.1, -0.05) is 18.2 Å². The summed E-state index contributed by atoms with van der Waals surface area (Å²) in [5.74, 6) is -0.912. The van der Waals surface area contributed by atoms with Crippen LogP contribution < -0.4 is 5.32 Å². The Morgan fingerprint density at radius 2 is 2.04 bits per heavy atom. The maximum Gasteiger partial charge on any atom is 0.217 e. The molecule has 1 fully saturated rings. The maximum absolute atomic E-state index is 13.6. The van der Waals surface area contributed by atoms with Gasteiger partial charge in [-0.2, -0.15) is 0 Å². The number of rotatable bonds is 5. The molecular formula is C15H20FNO6. The first kappa shape index (κ1) is 17.8. The van der Waals surface area contributed by atoms with E-state index in [0.29, 0.717) is 0 Å². The van der Waals surface area contributed by atoms with Crippen molar-refractivity contribution in [2.45, 2.75) is 44.2 Å². The molecule has 0 aromatic heterocycles. The van der Waals surface area contributed by atoms with Crippen LogP contribution in [0.2, 0.25) is 0 Å². The van der Waals surface area contributed by atoms with E-state index in [-0.39, 0.29) is 12.2 Å². The highest BCUT2D eigenvalue weighted by molar-refractivity contribution is 5.73. The molecule has 1 heterocycles. The maximum atomic E-state index is 13.6. The third kappa shape index (κ3) is 4.24. The van der Waals surface area contributed by atoms with Crippen LogP contribution in [-0.2, 0) is 20.9 Å². The lowest BCUT2D eigenvalue weighted by Gasteiger charge is -2.42. The van der Waals surface area contributed by atoms with E-state index in [1.807, 2.05) is 0 Å². The van der Waals surface area contributed by atoms with Crippen LogP contribution in [0.4, 0.5) is 4.39 Å². The smallest absolute Gasteiger partial charge is 0.217 e. The summed E-state index contributed by atoms with van der Waals surface area (Å²) >= 11 is 0. The molecule has 1 saturated heterocycles. The number of aliphatic hydroxyl groups excluding tert-OH is 3. The molecule has 4 N–H and O–H groups in total. The predicted octanol–water partition coefficient (Wildman–Crippen LogP) is -0.714. The van der Waals surface area contributed by atoms with Gasteiger partial charge in [-0.15, -0.1) is 0 Å². The van der Waals surface area contributed by atoms with Gasteiger partial charge in [0.05, 0.1) is 13.2 Å². The van der Waals surface area contributed by atoms with Crippen molar-refractivity contribution in [1.29, 1.82) is 0 Å². The number of carbonyl (C=O) groups is 1. The summed E-state index contributed by atoms with van der Waals surface area (Å²) in [6.45, 7) is 0.546. The van der Waals surface area contributed by atoms with Gasteiger partial charge in [0, 0.05) is 12.5 Å². The molecule has 8 heteroatoms. The highest BCUT2D eigenvalue weighted by Crippen LogP contribution is 2.23. The Labute approximate surface area is 132 Å². The van der Waals surface area contributed by atoms with E-state index in [0.717, 1.165) is 0 Å². The number of hydrogen-bond acceptors (Lipinski definition) is 6. The van der Waals surface area contributed by atoms with E-state index in [4.69, 9.17) is 9.47 Å². The van der Waals surface area contributed by atoms with Gasteiger partial charge >= 0.3 is 0 Å². The van der Waals surface area contributed by atoms with E-state index in [2.05, 4.69) is 5.32 Å². The van der Waals surface area contributed by atoms with Crippen LogP contribution in [0, 0.1) is 5.82 Å². The number of ether oxygens (including phenoxy) is 2. The topological polar surface area (TPSA) is 108 Å². The Morgan fingerprint density at radius 1 is 1.35 bits per heavy atom. The monoisotopic (exact) mass is 329 g/mol. The van der Waals surface area contributed by atoms with Gasteiger partial charge in [-0.05, 0) is 6.07 Å². The largest absolute Gasteiger partial charge is 0.394 e. The third-order valence-corrected chi connectivity index (χ3v) is 3.61. The lowest BCUT2D eigenvalue weighted by Crippen LogP contribution is -2.64. The first-order valence-electron chi connectivity index (χ1n) is 7.18. The molecule has 1 amide bonds. The molecule has 0 saturated carbocycles. The van der Waals surface area contributed by atoms with Crippen molar-refractivity contribution >= 4 is 5.91 Å². The molecule has 0 unspecified atom stereocenters. The van der Waals surface area contributed by atoms with Crippen LogP contribution >= 0.6 is 0 Å². The third-order valence-electron chi connectivity index (χ3n) is 3.61. The second-order valence-corrected chi connectivity index (χ2v) is 5.34. The molecule has 1 aromatic rings. The summed E-state index contributed by atoms with van der Waals surface area (Å²) in [5, 5.41) is 31.6. The zero-order valence-electron chi connectivity index (χ0n) is 12.6. The highest BCUT2D eigenvalue weighted by Gasteiger charge is 2.45. The van der Waals surface area contributed by atoms with E-state index < -0.39 is 49.0 Å². The highest BCUT2D eigenvalue weighted by atomic mass is 19.1. The number of carbonyl (C=O) groups excluding carboxylic acids is 1. The first-order chi connectivity index (χ1) is 10.9. The summed E-state index contributed by atoms with van der Waals surface area (Å²) in [7, 11) is 0. The number of aliphatic hydroxyl groups is 3. The summed E-state index contributed by atoms with van der Waals surface area (Å²) in [6.07, 6.45) is -4.99. The van der Waals surface area contributed by atoms with Gasteiger partial charge in [-0.25, -0.2) is 4.39 Å². The summed E-state index contributed by atoms with van der Waals surface area (Å²) < 4.78 is 24.4. The molecule has 128 valence electrons. The quantitative estimate of drug-likeness (QED) is 0.568. The molecule has 0 aliphatic carbocycles. The SMILES string of the molecule is CC(=O)N[C@H]1[C@H](OCc2ccccc2F)O[C@H](CO)[C@@H](O)[C@@H]1O. The lowest BCUT2D eigenvalue weighted by atomic mass is 9.97. The average molecular weight is 329 g/mol. The fourth-order valence-electron chi connectivity index (χ4n) is 2.40. The summed E-state index contributed by atoms with van der Waals surface area (Å²) in [6, 6.07) is 4.94. The molecule has 1 aliphatic rings. The predicted molar refractivity (Wildman–Crippen MR) is 76.6 cm³/mol. The standard InChI is InChI=1S/C15H20FNO6/c1-8(19)17-12-14(21)13(20)11(6-18)23-15(12)22-7-9-4-2-3-5-10(9)16/h2-5,11-15,18,20-21H,6-7H2,1H3,(H,17,19)/t11-,12-,13-,14-,15-/m1/s1. The van der Waals surface area contributed by atoms with E-state index >= 15 is 0 Å². The van der Waals surface area contributed by atoms with Crippen molar-refractivity contribution in [3.63, 3.8) is 0 Å². The van der Waals surface area contributed by atoms with Gasteiger partial charge in [0.25, 0.3) is 0 Å². The molecule has 7 nitrogen and oxygen atoms in total. The lowest BCUT2D eigenvalue weighted by molar-refractivity contribution is -0.273. The van der Waals surface area contributed by atoms with Gasteiger partial charge in [0.15, 0.2) is 6.29 Å². The number of benzene rings is 1. The van der Waals surface area contributed by atoms with Crippen LogP contribution in [0.15, 0.2) is 24.3 Å². The molecule has 0 radical (unpaired) electrons. The Balaban J connectivity index is 2.11.